The Morgan fingerprint density at radius 2 is 2.00 bits per heavy atom. The van der Waals surface area contributed by atoms with Crippen LogP contribution in [0.4, 0.5) is 0 Å². The van der Waals surface area contributed by atoms with Gasteiger partial charge in [-0.1, -0.05) is 32.4 Å². The van der Waals surface area contributed by atoms with E-state index in [4.69, 9.17) is 5.73 Å². The number of rotatable bonds is 1. The van der Waals surface area contributed by atoms with Crippen molar-refractivity contribution >= 4 is 0 Å². The molecule has 0 heterocycles. The molecule has 1 nitrogen and oxygen atoms in total. The summed E-state index contributed by atoms with van der Waals surface area (Å²) < 4.78 is 0. The Kier molecular flexibility index (Phi) is 2.08. The molecule has 0 aromatic heterocycles. The van der Waals surface area contributed by atoms with Crippen LogP contribution < -0.4 is 5.73 Å². The van der Waals surface area contributed by atoms with E-state index in [9.17, 15) is 0 Å². The molecule has 1 heteroatoms. The van der Waals surface area contributed by atoms with E-state index in [1.54, 1.807) is 0 Å². The number of nitrogens with two attached hydrogens (primary N) is 1. The Balaban J connectivity index is 2.95. The molecule has 11 heavy (non-hydrogen) atoms. The molecule has 0 aromatic rings. The van der Waals surface area contributed by atoms with E-state index in [0.29, 0.717) is 11.8 Å². The van der Waals surface area contributed by atoms with Gasteiger partial charge in [0.1, 0.15) is 0 Å². The van der Waals surface area contributed by atoms with Crippen molar-refractivity contribution in [2.24, 2.45) is 17.6 Å². The van der Waals surface area contributed by atoms with E-state index in [1.807, 2.05) is 0 Å². The van der Waals surface area contributed by atoms with E-state index in [-0.39, 0.29) is 0 Å². The normalized spacial score (nSPS) is 24.8. The highest BCUT2D eigenvalue weighted by molar-refractivity contribution is 5.40. The second-order valence-corrected chi connectivity index (χ2v) is 3.68. The van der Waals surface area contributed by atoms with Crippen LogP contribution in [0.25, 0.3) is 0 Å². The standard InChI is InChI=1S/C10H17N/c1-6(2)9-5-7(3)8(4)10(9)11/h5-6,8H,11H2,1-4H3. The number of hydrogen-bond acceptors (Lipinski definition) is 1. The van der Waals surface area contributed by atoms with E-state index in [1.165, 1.54) is 11.1 Å². The van der Waals surface area contributed by atoms with Crippen LogP contribution in [0.15, 0.2) is 22.9 Å². The maximum absolute atomic E-state index is 5.94. The molecular formula is C10H17N. The third-order valence-electron chi connectivity index (χ3n) is 2.49. The van der Waals surface area contributed by atoms with Crippen molar-refractivity contribution in [2.45, 2.75) is 27.7 Å². The monoisotopic (exact) mass is 151 g/mol. The van der Waals surface area contributed by atoms with Crippen LogP contribution in [0.1, 0.15) is 27.7 Å². The maximum Gasteiger partial charge on any atom is 0.0185 e. The van der Waals surface area contributed by atoms with Crippen molar-refractivity contribution in [1.29, 1.82) is 0 Å². The van der Waals surface area contributed by atoms with Crippen LogP contribution in [-0.2, 0) is 0 Å². The Hall–Kier alpha value is -0.720. The van der Waals surface area contributed by atoms with Crippen molar-refractivity contribution < 1.29 is 0 Å². The fraction of sp³-hybridized carbons (Fsp3) is 0.600. The SMILES string of the molecule is CC1=CC(C(C)C)=C(N)C1C. The second kappa shape index (κ2) is 2.72. The van der Waals surface area contributed by atoms with E-state index >= 15 is 0 Å². The molecule has 0 spiro atoms. The average Bonchev–Trinajstić information content (AvgIpc) is 2.17. The van der Waals surface area contributed by atoms with Crippen molar-refractivity contribution in [3.8, 4) is 0 Å². The summed E-state index contributed by atoms with van der Waals surface area (Å²) in [5.41, 5.74) is 9.73. The fourth-order valence-corrected chi connectivity index (χ4v) is 1.45. The zero-order valence-electron chi connectivity index (χ0n) is 7.81. The first-order valence-electron chi connectivity index (χ1n) is 4.21. The molecule has 0 aliphatic heterocycles. The molecule has 0 aromatic carbocycles. The van der Waals surface area contributed by atoms with E-state index in [0.717, 1.165) is 5.70 Å². The highest BCUT2D eigenvalue weighted by Gasteiger charge is 2.19. The lowest BCUT2D eigenvalue weighted by molar-refractivity contribution is 0.749. The van der Waals surface area contributed by atoms with Gasteiger partial charge in [0.05, 0.1) is 0 Å². The van der Waals surface area contributed by atoms with Gasteiger partial charge in [0.15, 0.2) is 0 Å². The maximum atomic E-state index is 5.94. The largest absolute Gasteiger partial charge is 0.401 e. The first-order chi connectivity index (χ1) is 5.04. The summed E-state index contributed by atoms with van der Waals surface area (Å²) in [5.74, 6) is 1.03. The van der Waals surface area contributed by atoms with Crippen LogP contribution in [-0.4, -0.2) is 0 Å². The summed E-state index contributed by atoms with van der Waals surface area (Å²) in [7, 11) is 0. The summed E-state index contributed by atoms with van der Waals surface area (Å²) >= 11 is 0. The molecule has 0 bridgehead atoms. The van der Waals surface area contributed by atoms with Crippen LogP contribution in [0.2, 0.25) is 0 Å². The minimum Gasteiger partial charge on any atom is -0.401 e. The van der Waals surface area contributed by atoms with Gasteiger partial charge in [-0.05, 0) is 18.4 Å². The topological polar surface area (TPSA) is 26.0 Å². The fourth-order valence-electron chi connectivity index (χ4n) is 1.45. The van der Waals surface area contributed by atoms with Gasteiger partial charge >= 0.3 is 0 Å². The number of hydrogen-bond donors (Lipinski definition) is 1. The molecular weight excluding hydrogens is 134 g/mol. The lowest BCUT2D eigenvalue weighted by atomic mass is 10.0. The average molecular weight is 151 g/mol. The minimum absolute atomic E-state index is 0.465. The summed E-state index contributed by atoms with van der Waals surface area (Å²) in [6.45, 7) is 8.68. The molecule has 1 rings (SSSR count). The van der Waals surface area contributed by atoms with Crippen LogP contribution >= 0.6 is 0 Å². The predicted molar refractivity (Wildman–Crippen MR) is 49.0 cm³/mol. The zero-order valence-corrected chi connectivity index (χ0v) is 7.81. The Morgan fingerprint density at radius 1 is 1.45 bits per heavy atom. The highest BCUT2D eigenvalue weighted by Crippen LogP contribution is 2.31. The lowest BCUT2D eigenvalue weighted by Crippen LogP contribution is -2.08. The summed E-state index contributed by atoms with van der Waals surface area (Å²) in [6.07, 6.45) is 2.23. The molecule has 0 saturated carbocycles. The molecule has 0 amide bonds. The third kappa shape index (κ3) is 1.32. The summed E-state index contributed by atoms with van der Waals surface area (Å²) in [5, 5.41) is 0. The van der Waals surface area contributed by atoms with Gasteiger partial charge < -0.3 is 5.73 Å². The van der Waals surface area contributed by atoms with Crippen molar-refractivity contribution in [3.05, 3.63) is 22.9 Å². The highest BCUT2D eigenvalue weighted by atomic mass is 14.6. The van der Waals surface area contributed by atoms with Gasteiger partial charge in [0.2, 0.25) is 0 Å². The van der Waals surface area contributed by atoms with Gasteiger partial charge in [0.25, 0.3) is 0 Å². The molecule has 0 radical (unpaired) electrons. The predicted octanol–water partition coefficient (Wildman–Crippen LogP) is 2.45. The van der Waals surface area contributed by atoms with Crippen LogP contribution in [0, 0.1) is 11.8 Å². The Bertz CT molecular complexity index is 221. The van der Waals surface area contributed by atoms with Gasteiger partial charge in [-0.2, -0.15) is 0 Å². The molecule has 2 N–H and O–H groups in total. The number of allylic oxidation sites excluding steroid dienone is 3. The van der Waals surface area contributed by atoms with Crippen molar-refractivity contribution in [2.75, 3.05) is 0 Å². The third-order valence-corrected chi connectivity index (χ3v) is 2.49. The van der Waals surface area contributed by atoms with Gasteiger partial charge in [-0.3, -0.25) is 0 Å². The first-order valence-corrected chi connectivity index (χ1v) is 4.21. The molecule has 1 aliphatic rings. The summed E-state index contributed by atoms with van der Waals surface area (Å²) in [6, 6.07) is 0. The van der Waals surface area contributed by atoms with E-state index < -0.39 is 0 Å². The minimum atomic E-state index is 0.465. The Labute approximate surface area is 69.0 Å². The molecule has 1 unspecified atom stereocenters. The smallest absolute Gasteiger partial charge is 0.0185 e. The van der Waals surface area contributed by atoms with E-state index in [2.05, 4.69) is 33.8 Å². The Morgan fingerprint density at radius 3 is 2.18 bits per heavy atom. The van der Waals surface area contributed by atoms with Gasteiger partial charge in [-0.25, -0.2) is 0 Å². The second-order valence-electron chi connectivity index (χ2n) is 3.68. The molecule has 0 fully saturated rings. The van der Waals surface area contributed by atoms with Crippen molar-refractivity contribution in [1.82, 2.24) is 0 Å². The molecule has 0 saturated heterocycles. The molecule has 1 aliphatic carbocycles. The van der Waals surface area contributed by atoms with Crippen LogP contribution in [0.5, 0.6) is 0 Å². The van der Waals surface area contributed by atoms with Gasteiger partial charge in [-0.15, -0.1) is 0 Å². The first kappa shape index (κ1) is 8.38. The summed E-state index contributed by atoms with van der Waals surface area (Å²) in [4.78, 5) is 0. The van der Waals surface area contributed by atoms with Crippen molar-refractivity contribution in [3.63, 3.8) is 0 Å². The quantitative estimate of drug-likeness (QED) is 0.612. The molecule has 62 valence electrons. The molecule has 1 atom stereocenters. The lowest BCUT2D eigenvalue weighted by Gasteiger charge is -2.09. The van der Waals surface area contributed by atoms with Gasteiger partial charge in [0, 0.05) is 11.6 Å². The zero-order chi connectivity index (χ0) is 8.59. The van der Waals surface area contributed by atoms with Crippen LogP contribution in [0.3, 0.4) is 0 Å².